The molecule has 0 fully saturated rings. The van der Waals surface area contributed by atoms with Gasteiger partial charge in [0, 0.05) is 10.3 Å². The molecule has 0 saturated heterocycles. The van der Waals surface area contributed by atoms with E-state index in [0.717, 1.165) is 23.2 Å². The number of unbranched alkanes of at least 4 members (excludes halogenated alkanes) is 1. The minimum absolute atomic E-state index is 0.0122. The van der Waals surface area contributed by atoms with E-state index in [0.29, 0.717) is 0 Å². The van der Waals surface area contributed by atoms with Gasteiger partial charge in [0.15, 0.2) is 0 Å². The highest BCUT2D eigenvalue weighted by Gasteiger charge is 2.32. The predicted molar refractivity (Wildman–Crippen MR) is 122 cm³/mol. The summed E-state index contributed by atoms with van der Waals surface area (Å²) in [6, 6.07) is 25.8. The average molecular weight is 370 g/mol. The zero-order valence-electron chi connectivity index (χ0n) is 16.3. The molecule has 0 aliphatic heterocycles. The van der Waals surface area contributed by atoms with Gasteiger partial charge in [-0.15, -0.1) is 12.6 Å². The van der Waals surface area contributed by atoms with Gasteiger partial charge in [-0.3, -0.25) is 0 Å². The second kappa shape index (κ2) is 8.84. The third-order valence-electron chi connectivity index (χ3n) is 5.62. The third kappa shape index (κ3) is 4.33. The molecule has 0 amide bonds. The quantitative estimate of drug-likeness (QED) is 0.365. The maximum Gasteiger partial charge on any atom is 0.113 e. The van der Waals surface area contributed by atoms with Crippen molar-refractivity contribution in [1.82, 2.24) is 0 Å². The van der Waals surface area contributed by atoms with E-state index in [1.807, 2.05) is 18.2 Å². The first kappa shape index (κ1) is 19.8. The van der Waals surface area contributed by atoms with Crippen LogP contribution in [0.3, 0.4) is 0 Å². The third-order valence-corrected chi connectivity index (χ3v) is 5.90. The Balaban J connectivity index is 2.12. The number of hydrogen-bond donors (Lipinski definition) is 1. The second-order valence-corrected chi connectivity index (χ2v) is 7.81. The van der Waals surface area contributed by atoms with Gasteiger partial charge in [-0.25, -0.2) is 0 Å². The van der Waals surface area contributed by atoms with Crippen molar-refractivity contribution in [3.05, 3.63) is 83.9 Å². The lowest BCUT2D eigenvalue weighted by Crippen LogP contribution is -2.27. The Labute approximate surface area is 170 Å². The van der Waals surface area contributed by atoms with Crippen molar-refractivity contribution < 1.29 is 0 Å². The van der Waals surface area contributed by atoms with E-state index in [-0.39, 0.29) is 5.41 Å². The number of benzene rings is 3. The lowest BCUT2D eigenvalue weighted by molar-refractivity contribution is 0.437. The lowest BCUT2D eigenvalue weighted by Gasteiger charge is -2.35. The predicted octanol–water partition coefficient (Wildman–Crippen LogP) is 6.32. The molecular weight excluding hydrogens is 343 g/mol. The van der Waals surface area contributed by atoms with Crippen LogP contribution in [0.4, 0.5) is 0 Å². The Bertz CT molecular complexity index is 885. The maximum absolute atomic E-state index is 5.96. The molecule has 0 N–H and O–H groups in total. The van der Waals surface area contributed by atoms with Gasteiger partial charge in [-0.1, -0.05) is 92.8 Å². The monoisotopic (exact) mass is 370 g/mol. The lowest BCUT2D eigenvalue weighted by atomic mass is 9.68. The van der Waals surface area contributed by atoms with Gasteiger partial charge in [0.05, 0.1) is 0 Å². The SMILES string of the molecule is [B]c1ccc([C@@](CC)(CCCC)c2cccc(-c3cccc(S)c3)c2)cc1. The zero-order chi connectivity index (χ0) is 19.3. The van der Waals surface area contributed by atoms with Crippen LogP contribution in [0.5, 0.6) is 0 Å². The fraction of sp³-hybridized carbons (Fsp3) is 0.280. The molecule has 0 unspecified atom stereocenters. The molecule has 0 aliphatic rings. The molecular formula is C25H27BS. The largest absolute Gasteiger partial charge is 0.143 e. The zero-order valence-corrected chi connectivity index (χ0v) is 17.2. The molecule has 0 heterocycles. The van der Waals surface area contributed by atoms with Crippen LogP contribution in [-0.2, 0) is 5.41 Å². The summed E-state index contributed by atoms with van der Waals surface area (Å²) in [5, 5.41) is 0. The molecule has 3 rings (SSSR count). The van der Waals surface area contributed by atoms with E-state index in [9.17, 15) is 0 Å². The molecule has 0 bridgehead atoms. The first-order valence-electron chi connectivity index (χ1n) is 9.85. The molecule has 27 heavy (non-hydrogen) atoms. The summed E-state index contributed by atoms with van der Waals surface area (Å²) in [5.41, 5.74) is 6.02. The highest BCUT2D eigenvalue weighted by Crippen LogP contribution is 2.41. The molecule has 0 aromatic heterocycles. The molecule has 0 saturated carbocycles. The molecule has 0 aliphatic carbocycles. The first-order valence-corrected chi connectivity index (χ1v) is 10.3. The Morgan fingerprint density at radius 3 is 2.11 bits per heavy atom. The Hall–Kier alpha value is -1.93. The van der Waals surface area contributed by atoms with Crippen LogP contribution in [-0.4, -0.2) is 7.85 Å². The van der Waals surface area contributed by atoms with Crippen molar-refractivity contribution in [3.63, 3.8) is 0 Å². The summed E-state index contributed by atoms with van der Waals surface area (Å²) in [7, 11) is 5.96. The van der Waals surface area contributed by atoms with Gasteiger partial charge in [0.25, 0.3) is 0 Å². The molecule has 2 radical (unpaired) electrons. The summed E-state index contributed by atoms with van der Waals surface area (Å²) in [6.45, 7) is 4.56. The summed E-state index contributed by atoms with van der Waals surface area (Å²) in [5.74, 6) is 0. The fourth-order valence-corrected chi connectivity index (χ4v) is 4.23. The average Bonchev–Trinajstić information content (AvgIpc) is 2.70. The second-order valence-electron chi connectivity index (χ2n) is 7.29. The highest BCUT2D eigenvalue weighted by molar-refractivity contribution is 7.80. The summed E-state index contributed by atoms with van der Waals surface area (Å²) in [4.78, 5) is 0.990. The Morgan fingerprint density at radius 1 is 0.815 bits per heavy atom. The molecule has 0 spiro atoms. The van der Waals surface area contributed by atoms with Crippen molar-refractivity contribution in [3.8, 4) is 11.1 Å². The fourth-order valence-electron chi connectivity index (χ4n) is 4.00. The van der Waals surface area contributed by atoms with Crippen molar-refractivity contribution >= 4 is 25.9 Å². The van der Waals surface area contributed by atoms with E-state index in [2.05, 4.69) is 81.1 Å². The standard InChI is InChI=1S/C25H27BS/c1-3-5-16-25(4-2,21-12-14-23(26)15-13-21)22-10-6-8-19(17-22)20-9-7-11-24(27)18-20/h6-15,17-18,27H,3-5,16H2,1-2H3/t25-/m1/s1. The van der Waals surface area contributed by atoms with Crippen LogP contribution in [0, 0.1) is 0 Å². The molecule has 3 aromatic carbocycles. The summed E-state index contributed by atoms with van der Waals surface area (Å²) in [6.07, 6.45) is 4.60. The van der Waals surface area contributed by atoms with E-state index >= 15 is 0 Å². The van der Waals surface area contributed by atoms with Gasteiger partial charge >= 0.3 is 0 Å². The van der Waals surface area contributed by atoms with Crippen LogP contribution >= 0.6 is 12.6 Å². The topological polar surface area (TPSA) is 0 Å². The van der Waals surface area contributed by atoms with Crippen LogP contribution in [0.25, 0.3) is 11.1 Å². The Morgan fingerprint density at radius 2 is 1.48 bits per heavy atom. The Kier molecular flexibility index (Phi) is 6.49. The van der Waals surface area contributed by atoms with E-state index < -0.39 is 0 Å². The van der Waals surface area contributed by atoms with E-state index in [1.165, 1.54) is 35.1 Å². The molecule has 136 valence electrons. The van der Waals surface area contributed by atoms with Crippen molar-refractivity contribution in [2.75, 3.05) is 0 Å². The molecule has 0 nitrogen and oxygen atoms in total. The summed E-state index contributed by atoms with van der Waals surface area (Å²) >= 11 is 4.51. The van der Waals surface area contributed by atoms with Gasteiger partial charge < -0.3 is 0 Å². The van der Waals surface area contributed by atoms with Gasteiger partial charge in [-0.2, -0.15) is 0 Å². The molecule has 3 aromatic rings. The van der Waals surface area contributed by atoms with Crippen LogP contribution < -0.4 is 5.46 Å². The number of hydrogen-bond acceptors (Lipinski definition) is 1. The van der Waals surface area contributed by atoms with Gasteiger partial charge in [-0.05, 0) is 47.2 Å². The normalized spacial score (nSPS) is 13.3. The maximum atomic E-state index is 5.96. The van der Waals surface area contributed by atoms with Gasteiger partial charge in [0.1, 0.15) is 7.85 Å². The minimum atomic E-state index is 0.0122. The highest BCUT2D eigenvalue weighted by atomic mass is 32.1. The van der Waals surface area contributed by atoms with Crippen LogP contribution in [0.1, 0.15) is 50.7 Å². The number of rotatable bonds is 7. The van der Waals surface area contributed by atoms with Crippen LogP contribution in [0.2, 0.25) is 0 Å². The van der Waals surface area contributed by atoms with Crippen molar-refractivity contribution in [2.45, 2.75) is 49.8 Å². The number of thiol groups is 1. The van der Waals surface area contributed by atoms with Gasteiger partial charge in [0.2, 0.25) is 0 Å². The minimum Gasteiger partial charge on any atom is -0.143 e. The van der Waals surface area contributed by atoms with E-state index in [4.69, 9.17) is 7.85 Å². The van der Waals surface area contributed by atoms with E-state index in [1.54, 1.807) is 0 Å². The summed E-state index contributed by atoms with van der Waals surface area (Å²) < 4.78 is 0. The molecule has 1 atom stereocenters. The smallest absolute Gasteiger partial charge is 0.113 e. The first-order chi connectivity index (χ1) is 13.1. The van der Waals surface area contributed by atoms with Crippen LogP contribution in [0.15, 0.2) is 77.7 Å². The van der Waals surface area contributed by atoms with Crippen molar-refractivity contribution in [1.29, 1.82) is 0 Å². The van der Waals surface area contributed by atoms with Crippen molar-refractivity contribution in [2.24, 2.45) is 0 Å². The molecule has 2 heteroatoms.